The lowest BCUT2D eigenvalue weighted by Gasteiger charge is -2.18. The number of ether oxygens (including phenoxy) is 3. The molecular formula is C73H124O6. The van der Waals surface area contributed by atoms with Crippen molar-refractivity contribution in [3.8, 4) is 0 Å². The molecule has 0 fully saturated rings. The van der Waals surface area contributed by atoms with Crippen molar-refractivity contribution < 1.29 is 28.6 Å². The van der Waals surface area contributed by atoms with Gasteiger partial charge in [0.05, 0.1) is 0 Å². The topological polar surface area (TPSA) is 78.9 Å². The molecule has 0 aromatic rings. The number of hydrogen-bond acceptors (Lipinski definition) is 6. The van der Waals surface area contributed by atoms with Gasteiger partial charge in [-0.15, -0.1) is 0 Å². The van der Waals surface area contributed by atoms with Gasteiger partial charge in [0.15, 0.2) is 6.10 Å². The number of allylic oxidation sites excluding steroid dienone is 18. The van der Waals surface area contributed by atoms with Crippen LogP contribution < -0.4 is 0 Å². The average Bonchev–Trinajstić information content (AvgIpc) is 3.45. The second kappa shape index (κ2) is 66.6. The van der Waals surface area contributed by atoms with Crippen molar-refractivity contribution in [1.82, 2.24) is 0 Å². The first-order valence-corrected chi connectivity index (χ1v) is 33.4. The SMILES string of the molecule is CC/C=C\C/C=C\C/C=C\C/C=C\C/C=C\CCCCCCCC(=O)OC(COC(=O)CCCCCCC/C=C\CCCCCCCC)COC(=O)CCCCCCCCCCCC/C=C\C/C=C\C/C=C\CCCCCCC. The van der Waals surface area contributed by atoms with Crippen LogP contribution in [0.1, 0.15) is 316 Å². The Kier molecular flexibility index (Phi) is 63.3. The number of rotatable bonds is 60. The number of carbonyl (C=O) groups is 3. The fourth-order valence-electron chi connectivity index (χ4n) is 9.24. The van der Waals surface area contributed by atoms with Crippen molar-refractivity contribution in [3.63, 3.8) is 0 Å². The van der Waals surface area contributed by atoms with Crippen molar-refractivity contribution in [2.75, 3.05) is 13.2 Å². The monoisotopic (exact) mass is 1100 g/mol. The lowest BCUT2D eigenvalue weighted by molar-refractivity contribution is -0.167. The molecule has 0 aliphatic rings. The second-order valence-electron chi connectivity index (χ2n) is 22.0. The number of carbonyl (C=O) groups excluding carboxylic acids is 3. The second-order valence-corrected chi connectivity index (χ2v) is 22.0. The van der Waals surface area contributed by atoms with Gasteiger partial charge in [-0.1, -0.05) is 278 Å². The van der Waals surface area contributed by atoms with Crippen molar-refractivity contribution in [2.45, 2.75) is 322 Å². The average molecular weight is 1100 g/mol. The van der Waals surface area contributed by atoms with Gasteiger partial charge in [0.2, 0.25) is 0 Å². The van der Waals surface area contributed by atoms with Crippen LogP contribution in [0.2, 0.25) is 0 Å². The van der Waals surface area contributed by atoms with E-state index in [0.29, 0.717) is 19.3 Å². The first kappa shape index (κ1) is 75.1. The first-order chi connectivity index (χ1) is 39.0. The number of hydrogen-bond donors (Lipinski definition) is 0. The Morgan fingerprint density at radius 3 is 0.785 bits per heavy atom. The molecule has 0 radical (unpaired) electrons. The normalized spacial score (nSPS) is 12.8. The van der Waals surface area contributed by atoms with Gasteiger partial charge in [-0.3, -0.25) is 14.4 Å². The van der Waals surface area contributed by atoms with Crippen LogP contribution in [0.4, 0.5) is 0 Å². The molecule has 79 heavy (non-hydrogen) atoms. The van der Waals surface area contributed by atoms with E-state index in [2.05, 4.69) is 130 Å². The fourth-order valence-corrected chi connectivity index (χ4v) is 9.24. The van der Waals surface area contributed by atoms with Crippen LogP contribution in [0.5, 0.6) is 0 Å². The Morgan fingerprint density at radius 2 is 0.494 bits per heavy atom. The predicted octanol–water partition coefficient (Wildman–Crippen LogP) is 23.0. The molecule has 0 aromatic heterocycles. The maximum absolute atomic E-state index is 12.9. The summed E-state index contributed by atoms with van der Waals surface area (Å²) in [5, 5.41) is 0. The largest absolute Gasteiger partial charge is 0.462 e. The third-order valence-electron chi connectivity index (χ3n) is 14.2. The van der Waals surface area contributed by atoms with Gasteiger partial charge in [0, 0.05) is 19.3 Å². The molecule has 0 aliphatic carbocycles. The Bertz CT molecular complexity index is 1590. The fraction of sp³-hybridized carbons (Fsp3) is 0.712. The molecule has 1 atom stereocenters. The zero-order valence-corrected chi connectivity index (χ0v) is 51.9. The lowest BCUT2D eigenvalue weighted by Crippen LogP contribution is -2.30. The summed E-state index contributed by atoms with van der Waals surface area (Å²) < 4.78 is 16.9. The Hall–Kier alpha value is -3.93. The van der Waals surface area contributed by atoms with Gasteiger partial charge in [-0.05, 0) is 128 Å². The summed E-state index contributed by atoms with van der Waals surface area (Å²) in [6, 6.07) is 0. The summed E-state index contributed by atoms with van der Waals surface area (Å²) in [7, 11) is 0. The van der Waals surface area contributed by atoms with Gasteiger partial charge in [-0.2, -0.15) is 0 Å². The Labute approximate surface area is 489 Å². The van der Waals surface area contributed by atoms with Crippen LogP contribution in [-0.4, -0.2) is 37.2 Å². The third-order valence-corrected chi connectivity index (χ3v) is 14.2. The molecule has 0 aliphatic heterocycles. The van der Waals surface area contributed by atoms with Crippen LogP contribution >= 0.6 is 0 Å². The van der Waals surface area contributed by atoms with Crippen LogP contribution in [0, 0.1) is 0 Å². The Balaban J connectivity index is 4.40. The molecule has 0 rings (SSSR count). The molecular weight excluding hydrogens is 973 g/mol. The van der Waals surface area contributed by atoms with E-state index in [1.807, 2.05) is 0 Å². The zero-order valence-electron chi connectivity index (χ0n) is 51.9. The van der Waals surface area contributed by atoms with Crippen molar-refractivity contribution in [1.29, 1.82) is 0 Å². The quantitative estimate of drug-likeness (QED) is 0.0261. The van der Waals surface area contributed by atoms with Crippen LogP contribution in [-0.2, 0) is 28.6 Å². The van der Waals surface area contributed by atoms with E-state index in [1.54, 1.807) is 0 Å². The molecule has 0 saturated carbocycles. The summed E-state index contributed by atoms with van der Waals surface area (Å²) in [5.41, 5.74) is 0. The van der Waals surface area contributed by atoms with E-state index in [9.17, 15) is 14.4 Å². The number of esters is 3. The summed E-state index contributed by atoms with van der Waals surface area (Å²) in [6.07, 6.45) is 90.9. The molecule has 452 valence electrons. The van der Waals surface area contributed by atoms with Crippen LogP contribution in [0.25, 0.3) is 0 Å². The third kappa shape index (κ3) is 64.8. The minimum Gasteiger partial charge on any atom is -0.462 e. The van der Waals surface area contributed by atoms with Gasteiger partial charge >= 0.3 is 17.9 Å². The highest BCUT2D eigenvalue weighted by molar-refractivity contribution is 5.71. The number of unbranched alkanes of at least 4 members (excludes halogenated alkanes) is 31. The first-order valence-electron chi connectivity index (χ1n) is 33.4. The smallest absolute Gasteiger partial charge is 0.306 e. The van der Waals surface area contributed by atoms with E-state index < -0.39 is 6.10 Å². The predicted molar refractivity (Wildman–Crippen MR) is 343 cm³/mol. The van der Waals surface area contributed by atoms with Gasteiger partial charge in [-0.25, -0.2) is 0 Å². The maximum Gasteiger partial charge on any atom is 0.306 e. The highest BCUT2D eigenvalue weighted by Gasteiger charge is 2.19. The molecule has 0 spiro atoms. The molecule has 0 heterocycles. The maximum atomic E-state index is 12.9. The minimum atomic E-state index is -0.797. The summed E-state index contributed by atoms with van der Waals surface area (Å²) in [5.74, 6) is -0.913. The standard InChI is InChI=1S/C73H124O6/c1-4-7-10-13-16-19-22-25-28-30-32-34-35-36-37-39-40-42-45-48-51-54-57-60-63-66-72(75)78-69-70(68-77-71(74)65-62-59-56-53-50-47-44-27-24-21-18-15-12-9-6-3)79-73(76)67-64-61-58-55-52-49-46-43-41-38-33-31-29-26-23-20-17-14-11-8-5-2/h8,11,17,20,22,25-27,29-30,32-33,35-36,38,43-44,46,70H,4-7,9-10,12-16,18-19,21,23-24,28,31,34,37,39-42,45,47-69H2,1-3H3/b11-8-,20-17-,25-22-,29-26-,32-30-,36-35-,38-33-,44-27-,46-43-. The van der Waals surface area contributed by atoms with Crippen molar-refractivity contribution >= 4 is 17.9 Å². The summed E-state index contributed by atoms with van der Waals surface area (Å²) in [6.45, 7) is 6.51. The molecule has 6 nitrogen and oxygen atoms in total. The molecule has 0 aromatic carbocycles. The van der Waals surface area contributed by atoms with Crippen LogP contribution in [0.15, 0.2) is 109 Å². The zero-order chi connectivity index (χ0) is 57.1. The van der Waals surface area contributed by atoms with Crippen molar-refractivity contribution in [2.24, 2.45) is 0 Å². The lowest BCUT2D eigenvalue weighted by atomic mass is 10.1. The molecule has 1 unspecified atom stereocenters. The van der Waals surface area contributed by atoms with E-state index in [4.69, 9.17) is 14.2 Å². The van der Waals surface area contributed by atoms with E-state index in [-0.39, 0.29) is 31.1 Å². The molecule has 0 N–H and O–H groups in total. The highest BCUT2D eigenvalue weighted by Crippen LogP contribution is 2.16. The van der Waals surface area contributed by atoms with E-state index in [1.165, 1.54) is 148 Å². The molecule has 0 amide bonds. The highest BCUT2D eigenvalue weighted by atomic mass is 16.6. The van der Waals surface area contributed by atoms with E-state index in [0.717, 1.165) is 128 Å². The van der Waals surface area contributed by atoms with Gasteiger partial charge in [0.1, 0.15) is 13.2 Å². The molecule has 0 bridgehead atoms. The van der Waals surface area contributed by atoms with Gasteiger partial charge in [0.25, 0.3) is 0 Å². The van der Waals surface area contributed by atoms with Gasteiger partial charge < -0.3 is 14.2 Å². The van der Waals surface area contributed by atoms with E-state index >= 15 is 0 Å². The minimum absolute atomic E-state index is 0.0911. The molecule has 0 saturated heterocycles. The summed E-state index contributed by atoms with van der Waals surface area (Å²) >= 11 is 0. The van der Waals surface area contributed by atoms with Crippen molar-refractivity contribution in [3.05, 3.63) is 109 Å². The summed E-state index contributed by atoms with van der Waals surface area (Å²) in [4.78, 5) is 38.4. The van der Waals surface area contributed by atoms with Crippen LogP contribution in [0.3, 0.4) is 0 Å². The molecule has 6 heteroatoms. The Morgan fingerprint density at radius 1 is 0.266 bits per heavy atom.